The zero-order valence-electron chi connectivity index (χ0n) is 11.7. The van der Waals surface area contributed by atoms with Crippen molar-refractivity contribution in [1.82, 2.24) is 0 Å². The van der Waals surface area contributed by atoms with Crippen molar-refractivity contribution in [1.29, 1.82) is 0 Å². The molecule has 0 fully saturated rings. The minimum atomic E-state index is 0.163. The molecule has 0 aliphatic heterocycles. The van der Waals surface area contributed by atoms with Crippen LogP contribution in [0.25, 0.3) is 22.3 Å². The summed E-state index contributed by atoms with van der Waals surface area (Å²) in [5.74, 6) is 0.369. The normalized spacial score (nSPS) is 10.5. The fourth-order valence-electron chi connectivity index (χ4n) is 2.44. The maximum atomic E-state index is 10.2. The van der Waals surface area contributed by atoms with E-state index in [0.717, 1.165) is 16.7 Å². The highest BCUT2D eigenvalue weighted by Crippen LogP contribution is 2.39. The summed E-state index contributed by atoms with van der Waals surface area (Å²) in [6.45, 7) is 1.84. The van der Waals surface area contributed by atoms with Crippen LogP contribution in [0.15, 0.2) is 66.7 Å². The van der Waals surface area contributed by atoms with E-state index in [-0.39, 0.29) is 11.5 Å². The van der Waals surface area contributed by atoms with Crippen LogP contribution in [0.5, 0.6) is 11.5 Å². The Kier molecular flexibility index (Phi) is 3.36. The number of phenols is 2. The van der Waals surface area contributed by atoms with Crippen molar-refractivity contribution in [2.45, 2.75) is 6.92 Å². The molecule has 3 aromatic rings. The van der Waals surface area contributed by atoms with Crippen LogP contribution < -0.4 is 0 Å². The molecule has 0 aromatic heterocycles. The van der Waals surface area contributed by atoms with Crippen molar-refractivity contribution >= 4 is 0 Å². The Bertz CT molecular complexity index is 777. The van der Waals surface area contributed by atoms with Gasteiger partial charge in [-0.3, -0.25) is 0 Å². The zero-order valence-corrected chi connectivity index (χ0v) is 11.7. The second kappa shape index (κ2) is 5.33. The molecule has 0 aliphatic rings. The Hall–Kier alpha value is -2.74. The van der Waals surface area contributed by atoms with Crippen molar-refractivity contribution in [2.24, 2.45) is 0 Å². The van der Waals surface area contributed by atoms with Crippen LogP contribution in [0.4, 0.5) is 0 Å². The van der Waals surface area contributed by atoms with Crippen molar-refractivity contribution in [2.75, 3.05) is 0 Å². The second-order valence-electron chi connectivity index (χ2n) is 5.07. The van der Waals surface area contributed by atoms with E-state index >= 15 is 0 Å². The molecule has 0 bridgehead atoms. The number of hydrogen-bond acceptors (Lipinski definition) is 2. The van der Waals surface area contributed by atoms with E-state index in [1.54, 1.807) is 6.07 Å². The molecule has 0 saturated heterocycles. The minimum Gasteiger partial charge on any atom is -0.507 e. The van der Waals surface area contributed by atoms with Crippen molar-refractivity contribution in [3.8, 4) is 33.8 Å². The van der Waals surface area contributed by atoms with Gasteiger partial charge in [-0.25, -0.2) is 0 Å². The third kappa shape index (κ3) is 2.48. The highest BCUT2D eigenvalue weighted by molar-refractivity contribution is 5.81. The van der Waals surface area contributed by atoms with Crippen molar-refractivity contribution in [3.05, 3.63) is 72.3 Å². The summed E-state index contributed by atoms with van der Waals surface area (Å²) >= 11 is 0. The first-order chi connectivity index (χ1) is 10.2. The average molecular weight is 276 g/mol. The van der Waals surface area contributed by atoms with Crippen LogP contribution in [0.2, 0.25) is 0 Å². The summed E-state index contributed by atoms with van der Waals surface area (Å²) in [4.78, 5) is 0. The number of rotatable bonds is 2. The lowest BCUT2D eigenvalue weighted by molar-refractivity contribution is 0.467. The summed E-state index contributed by atoms with van der Waals surface area (Å²) in [6.07, 6.45) is 0. The molecule has 0 atom stereocenters. The molecule has 0 spiro atoms. The van der Waals surface area contributed by atoms with Gasteiger partial charge in [0.25, 0.3) is 0 Å². The van der Waals surface area contributed by atoms with E-state index < -0.39 is 0 Å². The van der Waals surface area contributed by atoms with Crippen LogP contribution in [-0.4, -0.2) is 10.2 Å². The third-order valence-electron chi connectivity index (χ3n) is 3.63. The molecule has 0 amide bonds. The van der Waals surface area contributed by atoms with Gasteiger partial charge in [0.1, 0.15) is 11.5 Å². The highest BCUT2D eigenvalue weighted by Gasteiger charge is 2.11. The Labute approximate surface area is 123 Å². The smallest absolute Gasteiger partial charge is 0.126 e. The molecule has 0 radical (unpaired) electrons. The van der Waals surface area contributed by atoms with E-state index in [1.807, 2.05) is 67.6 Å². The zero-order chi connectivity index (χ0) is 14.8. The topological polar surface area (TPSA) is 40.5 Å². The molecule has 2 nitrogen and oxygen atoms in total. The number of hydrogen-bond donors (Lipinski definition) is 2. The Morgan fingerprint density at radius 3 is 2.19 bits per heavy atom. The van der Waals surface area contributed by atoms with Crippen LogP contribution >= 0.6 is 0 Å². The SMILES string of the molecule is Cc1cccc(-c2cc(-c3ccccc3)ccc2O)c1O. The summed E-state index contributed by atoms with van der Waals surface area (Å²) in [6, 6.07) is 20.9. The molecule has 0 unspecified atom stereocenters. The summed E-state index contributed by atoms with van der Waals surface area (Å²) in [5, 5.41) is 20.4. The Morgan fingerprint density at radius 2 is 1.43 bits per heavy atom. The van der Waals surface area contributed by atoms with Gasteiger partial charge in [-0.1, -0.05) is 54.6 Å². The first-order valence-corrected chi connectivity index (χ1v) is 6.84. The number of para-hydroxylation sites is 1. The van der Waals surface area contributed by atoms with Gasteiger partial charge in [-0.2, -0.15) is 0 Å². The van der Waals surface area contributed by atoms with Crippen molar-refractivity contribution in [3.63, 3.8) is 0 Å². The maximum absolute atomic E-state index is 10.2. The van der Waals surface area contributed by atoms with E-state index in [0.29, 0.717) is 11.1 Å². The lowest BCUT2D eigenvalue weighted by Crippen LogP contribution is -1.85. The van der Waals surface area contributed by atoms with Gasteiger partial charge < -0.3 is 10.2 Å². The summed E-state index contributed by atoms with van der Waals surface area (Å²) in [5.41, 5.74) is 4.15. The fourth-order valence-corrected chi connectivity index (χ4v) is 2.44. The number of aromatic hydroxyl groups is 2. The van der Waals surface area contributed by atoms with Gasteiger partial charge in [-0.05, 0) is 35.7 Å². The predicted octanol–water partition coefficient (Wildman–Crippen LogP) is 4.74. The first-order valence-electron chi connectivity index (χ1n) is 6.84. The number of aryl methyl sites for hydroxylation is 1. The molecule has 0 heterocycles. The quantitative estimate of drug-likeness (QED) is 0.709. The van der Waals surface area contributed by atoms with E-state index in [2.05, 4.69) is 0 Å². The maximum Gasteiger partial charge on any atom is 0.126 e. The largest absolute Gasteiger partial charge is 0.507 e. The van der Waals surface area contributed by atoms with Gasteiger partial charge in [0.15, 0.2) is 0 Å². The molecule has 3 rings (SSSR count). The van der Waals surface area contributed by atoms with Gasteiger partial charge in [0, 0.05) is 11.1 Å². The van der Waals surface area contributed by atoms with Crippen LogP contribution in [0.3, 0.4) is 0 Å². The molecule has 0 saturated carbocycles. The lowest BCUT2D eigenvalue weighted by atomic mass is 9.96. The molecule has 0 aliphatic carbocycles. The van der Waals surface area contributed by atoms with Crippen LogP contribution in [0.1, 0.15) is 5.56 Å². The Balaban J connectivity index is 2.17. The highest BCUT2D eigenvalue weighted by atomic mass is 16.3. The van der Waals surface area contributed by atoms with Gasteiger partial charge in [0.2, 0.25) is 0 Å². The lowest BCUT2D eigenvalue weighted by Gasteiger charge is -2.11. The van der Waals surface area contributed by atoms with Gasteiger partial charge in [-0.15, -0.1) is 0 Å². The van der Waals surface area contributed by atoms with Gasteiger partial charge >= 0.3 is 0 Å². The average Bonchev–Trinajstić information content (AvgIpc) is 2.52. The third-order valence-corrected chi connectivity index (χ3v) is 3.63. The Morgan fingerprint density at radius 1 is 0.667 bits per heavy atom. The van der Waals surface area contributed by atoms with E-state index in [4.69, 9.17) is 0 Å². The van der Waals surface area contributed by atoms with E-state index in [1.165, 1.54) is 0 Å². The monoisotopic (exact) mass is 276 g/mol. The molecule has 21 heavy (non-hydrogen) atoms. The molecular formula is C19H16O2. The van der Waals surface area contributed by atoms with Crippen LogP contribution in [0, 0.1) is 6.92 Å². The van der Waals surface area contributed by atoms with Crippen molar-refractivity contribution < 1.29 is 10.2 Å². The van der Waals surface area contributed by atoms with E-state index in [9.17, 15) is 10.2 Å². The molecule has 3 aromatic carbocycles. The van der Waals surface area contributed by atoms with Crippen LogP contribution in [-0.2, 0) is 0 Å². The molecule has 2 heteroatoms. The number of phenolic OH excluding ortho intramolecular Hbond substituents is 2. The first kappa shape index (κ1) is 13.3. The minimum absolute atomic E-state index is 0.163. The number of benzene rings is 3. The summed E-state index contributed by atoms with van der Waals surface area (Å²) < 4.78 is 0. The van der Waals surface area contributed by atoms with Gasteiger partial charge in [0.05, 0.1) is 0 Å². The molecule has 2 N–H and O–H groups in total. The molecule has 104 valence electrons. The molecular weight excluding hydrogens is 260 g/mol. The summed E-state index contributed by atoms with van der Waals surface area (Å²) in [7, 11) is 0. The predicted molar refractivity (Wildman–Crippen MR) is 85.4 cm³/mol. The standard InChI is InChI=1S/C19H16O2/c1-13-6-5-9-16(19(13)21)17-12-15(10-11-18(17)20)14-7-3-2-4-8-14/h2-12,20-21H,1H3. The fraction of sp³-hybridized carbons (Fsp3) is 0.0526. The second-order valence-corrected chi connectivity index (χ2v) is 5.07.